The van der Waals surface area contributed by atoms with E-state index in [0.29, 0.717) is 22.9 Å². The molecule has 1 unspecified atom stereocenters. The first-order valence-electron chi connectivity index (χ1n) is 7.10. The standard InChI is InChI=1S/C17H19ClN2O2/c1-3-15(19)17(21)20-13-5-4-6-14(10-13)22-16-8-7-12(18)9-11(16)2/h4-10,15H,3,19H2,1-2H3,(H,20,21). The molecule has 3 N–H and O–H groups in total. The lowest BCUT2D eigenvalue weighted by Crippen LogP contribution is -2.34. The van der Waals surface area contributed by atoms with E-state index < -0.39 is 6.04 Å². The van der Waals surface area contributed by atoms with Crippen molar-refractivity contribution in [2.75, 3.05) is 5.32 Å². The van der Waals surface area contributed by atoms with E-state index >= 15 is 0 Å². The van der Waals surface area contributed by atoms with Crippen LogP contribution >= 0.6 is 11.6 Å². The summed E-state index contributed by atoms with van der Waals surface area (Å²) in [6.07, 6.45) is 0.589. The second-order valence-electron chi connectivity index (χ2n) is 5.04. The highest BCUT2D eigenvalue weighted by atomic mass is 35.5. The molecule has 4 nitrogen and oxygen atoms in total. The Labute approximate surface area is 135 Å². The highest BCUT2D eigenvalue weighted by Gasteiger charge is 2.11. The van der Waals surface area contributed by atoms with Gasteiger partial charge in [-0.25, -0.2) is 0 Å². The summed E-state index contributed by atoms with van der Waals surface area (Å²) in [6, 6.07) is 12.1. The van der Waals surface area contributed by atoms with Gasteiger partial charge in [0, 0.05) is 16.8 Å². The van der Waals surface area contributed by atoms with Crippen molar-refractivity contribution in [3.8, 4) is 11.5 Å². The Morgan fingerprint density at radius 1 is 1.32 bits per heavy atom. The number of rotatable bonds is 5. The number of hydrogen-bond donors (Lipinski definition) is 2. The molecule has 1 atom stereocenters. The quantitative estimate of drug-likeness (QED) is 0.871. The van der Waals surface area contributed by atoms with Crippen molar-refractivity contribution in [1.29, 1.82) is 0 Å². The zero-order valence-electron chi connectivity index (χ0n) is 12.6. The Bertz CT molecular complexity index is 673. The minimum Gasteiger partial charge on any atom is -0.457 e. The number of nitrogens with two attached hydrogens (primary N) is 1. The van der Waals surface area contributed by atoms with Crippen molar-refractivity contribution in [3.63, 3.8) is 0 Å². The third kappa shape index (κ3) is 4.23. The molecule has 0 heterocycles. The van der Waals surface area contributed by atoms with Gasteiger partial charge in [0.15, 0.2) is 0 Å². The van der Waals surface area contributed by atoms with Crippen molar-refractivity contribution < 1.29 is 9.53 Å². The maximum atomic E-state index is 11.8. The molecule has 0 aliphatic heterocycles. The number of carbonyl (C=O) groups is 1. The summed E-state index contributed by atoms with van der Waals surface area (Å²) in [6.45, 7) is 3.79. The van der Waals surface area contributed by atoms with E-state index in [1.807, 2.05) is 38.1 Å². The molecule has 0 saturated heterocycles. The molecular weight excluding hydrogens is 300 g/mol. The number of ether oxygens (including phenoxy) is 1. The third-order valence-corrected chi connectivity index (χ3v) is 3.48. The first-order valence-corrected chi connectivity index (χ1v) is 7.48. The zero-order chi connectivity index (χ0) is 16.1. The van der Waals surface area contributed by atoms with E-state index in [4.69, 9.17) is 22.1 Å². The Kier molecular flexibility index (Phi) is 5.41. The van der Waals surface area contributed by atoms with Crippen LogP contribution in [0.1, 0.15) is 18.9 Å². The molecule has 116 valence electrons. The van der Waals surface area contributed by atoms with Gasteiger partial charge in [-0.1, -0.05) is 24.6 Å². The second kappa shape index (κ2) is 7.29. The van der Waals surface area contributed by atoms with Gasteiger partial charge in [0.25, 0.3) is 0 Å². The number of halogens is 1. The van der Waals surface area contributed by atoms with Crippen LogP contribution < -0.4 is 15.8 Å². The number of hydrogen-bond acceptors (Lipinski definition) is 3. The summed E-state index contributed by atoms with van der Waals surface area (Å²) < 4.78 is 5.83. The van der Waals surface area contributed by atoms with E-state index in [2.05, 4.69) is 5.32 Å². The summed E-state index contributed by atoms with van der Waals surface area (Å²) in [5.41, 5.74) is 7.29. The van der Waals surface area contributed by atoms with Crippen LogP contribution in [0.4, 0.5) is 5.69 Å². The SMILES string of the molecule is CCC(N)C(=O)Nc1cccc(Oc2ccc(Cl)cc2C)c1. The number of benzene rings is 2. The number of anilines is 1. The van der Waals surface area contributed by atoms with Crippen LogP contribution in [-0.2, 0) is 4.79 Å². The summed E-state index contributed by atoms with van der Waals surface area (Å²) in [7, 11) is 0. The van der Waals surface area contributed by atoms with Gasteiger partial charge in [0.2, 0.25) is 5.91 Å². The normalized spacial score (nSPS) is 11.8. The van der Waals surface area contributed by atoms with Gasteiger partial charge in [-0.3, -0.25) is 4.79 Å². The first-order chi connectivity index (χ1) is 10.5. The third-order valence-electron chi connectivity index (χ3n) is 3.24. The summed E-state index contributed by atoms with van der Waals surface area (Å²) in [5, 5.41) is 3.44. The van der Waals surface area contributed by atoms with Crippen molar-refractivity contribution >= 4 is 23.2 Å². The lowest BCUT2D eigenvalue weighted by atomic mass is 10.2. The van der Waals surface area contributed by atoms with Gasteiger partial charge in [-0.15, -0.1) is 0 Å². The van der Waals surface area contributed by atoms with Crippen LogP contribution in [0.3, 0.4) is 0 Å². The lowest BCUT2D eigenvalue weighted by molar-refractivity contribution is -0.117. The van der Waals surface area contributed by atoms with Gasteiger partial charge in [0.05, 0.1) is 6.04 Å². The molecule has 0 saturated carbocycles. The molecule has 2 aromatic rings. The Morgan fingerprint density at radius 3 is 2.77 bits per heavy atom. The smallest absolute Gasteiger partial charge is 0.241 e. The number of aryl methyl sites for hydroxylation is 1. The molecule has 0 aromatic heterocycles. The molecule has 0 bridgehead atoms. The van der Waals surface area contributed by atoms with Crippen molar-refractivity contribution in [1.82, 2.24) is 0 Å². The van der Waals surface area contributed by atoms with Crippen LogP contribution in [0.2, 0.25) is 5.02 Å². The molecular formula is C17H19ClN2O2. The fourth-order valence-electron chi connectivity index (χ4n) is 1.91. The second-order valence-corrected chi connectivity index (χ2v) is 5.48. The van der Waals surface area contributed by atoms with Gasteiger partial charge < -0.3 is 15.8 Å². The fourth-order valence-corrected chi connectivity index (χ4v) is 2.14. The number of amides is 1. The average Bonchev–Trinajstić information content (AvgIpc) is 2.49. The summed E-state index contributed by atoms with van der Waals surface area (Å²) >= 11 is 5.93. The summed E-state index contributed by atoms with van der Waals surface area (Å²) in [4.78, 5) is 11.8. The van der Waals surface area contributed by atoms with E-state index in [1.54, 1.807) is 18.2 Å². The molecule has 1 amide bonds. The average molecular weight is 319 g/mol. The van der Waals surface area contributed by atoms with E-state index in [0.717, 1.165) is 11.3 Å². The van der Waals surface area contributed by atoms with E-state index in [-0.39, 0.29) is 5.91 Å². The number of nitrogens with one attached hydrogen (secondary N) is 1. The van der Waals surface area contributed by atoms with Crippen molar-refractivity contribution in [3.05, 3.63) is 53.1 Å². The molecule has 0 aliphatic rings. The molecule has 0 aliphatic carbocycles. The largest absolute Gasteiger partial charge is 0.457 e. The number of carbonyl (C=O) groups excluding carboxylic acids is 1. The van der Waals surface area contributed by atoms with Crippen LogP contribution in [0, 0.1) is 6.92 Å². The predicted molar refractivity (Wildman–Crippen MR) is 89.6 cm³/mol. The van der Waals surface area contributed by atoms with Crippen LogP contribution in [0.25, 0.3) is 0 Å². The zero-order valence-corrected chi connectivity index (χ0v) is 13.4. The fraction of sp³-hybridized carbons (Fsp3) is 0.235. The monoisotopic (exact) mass is 318 g/mol. The van der Waals surface area contributed by atoms with Crippen LogP contribution in [0.15, 0.2) is 42.5 Å². The maximum absolute atomic E-state index is 11.8. The molecule has 0 spiro atoms. The first kappa shape index (κ1) is 16.3. The van der Waals surface area contributed by atoms with E-state index in [1.165, 1.54) is 0 Å². The molecule has 0 fully saturated rings. The minimum absolute atomic E-state index is 0.206. The van der Waals surface area contributed by atoms with Crippen molar-refractivity contribution in [2.45, 2.75) is 26.3 Å². The van der Waals surface area contributed by atoms with Crippen molar-refractivity contribution in [2.24, 2.45) is 5.73 Å². The molecule has 0 radical (unpaired) electrons. The Balaban J connectivity index is 2.13. The molecule has 2 rings (SSSR count). The van der Waals surface area contributed by atoms with Gasteiger partial charge in [0.1, 0.15) is 11.5 Å². The molecule has 5 heteroatoms. The minimum atomic E-state index is -0.511. The van der Waals surface area contributed by atoms with E-state index in [9.17, 15) is 4.79 Å². The van der Waals surface area contributed by atoms with Crippen LogP contribution in [-0.4, -0.2) is 11.9 Å². The maximum Gasteiger partial charge on any atom is 0.241 e. The molecule has 2 aromatic carbocycles. The van der Waals surface area contributed by atoms with Crippen LogP contribution in [0.5, 0.6) is 11.5 Å². The van der Waals surface area contributed by atoms with Gasteiger partial charge in [-0.05, 0) is 49.2 Å². The highest BCUT2D eigenvalue weighted by molar-refractivity contribution is 6.30. The van der Waals surface area contributed by atoms with Gasteiger partial charge >= 0.3 is 0 Å². The summed E-state index contributed by atoms with van der Waals surface area (Å²) in [5.74, 6) is 1.15. The lowest BCUT2D eigenvalue weighted by Gasteiger charge is -2.12. The topological polar surface area (TPSA) is 64.4 Å². The highest BCUT2D eigenvalue weighted by Crippen LogP contribution is 2.28. The van der Waals surface area contributed by atoms with Gasteiger partial charge in [-0.2, -0.15) is 0 Å². The predicted octanol–water partition coefficient (Wildman–Crippen LogP) is 4.12. The Hall–Kier alpha value is -2.04. The Morgan fingerprint density at radius 2 is 2.09 bits per heavy atom. The molecule has 22 heavy (non-hydrogen) atoms.